The monoisotopic (exact) mass is 313 g/mol. The van der Waals surface area contributed by atoms with E-state index in [0.717, 1.165) is 43.0 Å². The molecule has 0 radical (unpaired) electrons. The molecule has 0 fully saturated rings. The molecular weight excluding hydrogens is 286 g/mol. The first-order valence-electron chi connectivity index (χ1n) is 8.29. The Balaban J connectivity index is 1.77. The van der Waals surface area contributed by atoms with Crippen LogP contribution in [0.25, 0.3) is 0 Å². The largest absolute Gasteiger partial charge is 0.494 e. The Morgan fingerprint density at radius 3 is 2.30 bits per heavy atom. The van der Waals surface area contributed by atoms with Crippen LogP contribution >= 0.6 is 0 Å². The summed E-state index contributed by atoms with van der Waals surface area (Å²) < 4.78 is 5.73. The summed E-state index contributed by atoms with van der Waals surface area (Å²) in [6.45, 7) is 6.81. The van der Waals surface area contributed by atoms with Crippen LogP contribution in [0.4, 0.5) is 0 Å². The first-order valence-corrected chi connectivity index (χ1v) is 8.29. The molecular formula is C20H27NO2. The van der Waals surface area contributed by atoms with E-state index in [0.29, 0.717) is 5.92 Å². The molecule has 3 nitrogen and oxygen atoms in total. The van der Waals surface area contributed by atoms with E-state index in [2.05, 4.69) is 31.3 Å². The molecule has 2 rings (SSSR count). The van der Waals surface area contributed by atoms with Crippen molar-refractivity contribution in [3.8, 4) is 5.75 Å². The number of aliphatic hydroxyl groups is 1. The Hall–Kier alpha value is -1.84. The smallest absolute Gasteiger partial charge is 0.119 e. The molecule has 0 saturated carbocycles. The highest BCUT2D eigenvalue weighted by molar-refractivity contribution is 5.28. The summed E-state index contributed by atoms with van der Waals surface area (Å²) in [5, 5.41) is 12.7. The molecule has 0 aliphatic heterocycles. The van der Waals surface area contributed by atoms with E-state index in [4.69, 9.17) is 4.74 Å². The highest BCUT2D eigenvalue weighted by atomic mass is 16.5. The SMILES string of the molecule is CC(C)CCOc1ccc(CNCc2ccccc2CO)cc1. The van der Waals surface area contributed by atoms with Gasteiger partial charge in [-0.05, 0) is 41.2 Å². The van der Waals surface area contributed by atoms with E-state index < -0.39 is 0 Å². The summed E-state index contributed by atoms with van der Waals surface area (Å²) in [6.07, 6.45) is 1.08. The normalized spacial score (nSPS) is 11.0. The summed E-state index contributed by atoms with van der Waals surface area (Å²) in [5.74, 6) is 1.60. The quantitative estimate of drug-likeness (QED) is 0.738. The van der Waals surface area contributed by atoms with Crippen LogP contribution in [0.15, 0.2) is 48.5 Å². The van der Waals surface area contributed by atoms with Gasteiger partial charge in [-0.3, -0.25) is 0 Å². The zero-order chi connectivity index (χ0) is 16.5. The van der Waals surface area contributed by atoms with Crippen molar-refractivity contribution in [3.63, 3.8) is 0 Å². The Bertz CT molecular complexity index is 578. The summed E-state index contributed by atoms with van der Waals surface area (Å²) in [6, 6.07) is 16.2. The number of ether oxygens (including phenoxy) is 1. The zero-order valence-electron chi connectivity index (χ0n) is 14.1. The third-order valence-corrected chi connectivity index (χ3v) is 3.82. The second-order valence-electron chi connectivity index (χ2n) is 6.21. The van der Waals surface area contributed by atoms with Crippen LogP contribution in [0.2, 0.25) is 0 Å². The molecule has 3 heteroatoms. The molecule has 0 heterocycles. The lowest BCUT2D eigenvalue weighted by Gasteiger charge is -2.10. The minimum Gasteiger partial charge on any atom is -0.494 e. The Morgan fingerprint density at radius 2 is 1.65 bits per heavy atom. The van der Waals surface area contributed by atoms with E-state index in [1.165, 1.54) is 5.56 Å². The van der Waals surface area contributed by atoms with Gasteiger partial charge in [0.2, 0.25) is 0 Å². The van der Waals surface area contributed by atoms with E-state index in [1.54, 1.807) is 0 Å². The fourth-order valence-corrected chi connectivity index (χ4v) is 2.34. The predicted octanol–water partition coefficient (Wildman–Crippen LogP) is 3.89. The number of nitrogens with one attached hydrogen (secondary N) is 1. The number of rotatable bonds is 9. The Labute approximate surface area is 139 Å². The molecule has 0 aromatic heterocycles. The van der Waals surface area contributed by atoms with Crippen molar-refractivity contribution in [2.75, 3.05) is 6.61 Å². The molecule has 124 valence electrons. The number of aliphatic hydroxyl groups excluding tert-OH is 1. The number of hydrogen-bond donors (Lipinski definition) is 2. The molecule has 23 heavy (non-hydrogen) atoms. The average molecular weight is 313 g/mol. The van der Waals surface area contributed by atoms with E-state index >= 15 is 0 Å². The van der Waals surface area contributed by atoms with Crippen LogP contribution < -0.4 is 10.1 Å². The van der Waals surface area contributed by atoms with Crippen LogP contribution in [0, 0.1) is 5.92 Å². The van der Waals surface area contributed by atoms with Crippen molar-refractivity contribution in [1.29, 1.82) is 0 Å². The Morgan fingerprint density at radius 1 is 0.957 bits per heavy atom. The van der Waals surface area contributed by atoms with Gasteiger partial charge in [0.1, 0.15) is 5.75 Å². The standard InChI is InChI=1S/C20H27NO2/c1-16(2)11-12-23-20-9-7-17(8-10-20)13-21-14-18-5-3-4-6-19(18)15-22/h3-10,16,21-22H,11-15H2,1-2H3. The van der Waals surface area contributed by atoms with Gasteiger partial charge in [-0.25, -0.2) is 0 Å². The minimum absolute atomic E-state index is 0.0836. The molecule has 2 aromatic carbocycles. The number of benzene rings is 2. The maximum absolute atomic E-state index is 9.33. The van der Waals surface area contributed by atoms with Crippen molar-refractivity contribution in [2.24, 2.45) is 5.92 Å². The van der Waals surface area contributed by atoms with Gasteiger partial charge in [-0.2, -0.15) is 0 Å². The van der Waals surface area contributed by atoms with Gasteiger partial charge in [-0.15, -0.1) is 0 Å². The number of hydrogen-bond acceptors (Lipinski definition) is 3. The van der Waals surface area contributed by atoms with E-state index in [1.807, 2.05) is 36.4 Å². The predicted molar refractivity (Wildman–Crippen MR) is 94.3 cm³/mol. The molecule has 0 atom stereocenters. The van der Waals surface area contributed by atoms with Gasteiger partial charge in [0.05, 0.1) is 13.2 Å². The van der Waals surface area contributed by atoms with Crippen LogP contribution in [-0.2, 0) is 19.7 Å². The lowest BCUT2D eigenvalue weighted by molar-refractivity contribution is 0.280. The highest BCUT2D eigenvalue weighted by Gasteiger charge is 2.01. The zero-order valence-corrected chi connectivity index (χ0v) is 14.1. The third-order valence-electron chi connectivity index (χ3n) is 3.82. The molecule has 0 bridgehead atoms. The van der Waals surface area contributed by atoms with Crippen LogP contribution in [-0.4, -0.2) is 11.7 Å². The first-order chi connectivity index (χ1) is 11.2. The molecule has 0 saturated heterocycles. The van der Waals surface area contributed by atoms with Gasteiger partial charge in [-0.1, -0.05) is 50.2 Å². The highest BCUT2D eigenvalue weighted by Crippen LogP contribution is 2.14. The summed E-state index contributed by atoms with van der Waals surface area (Å²) >= 11 is 0. The fraction of sp³-hybridized carbons (Fsp3) is 0.400. The third kappa shape index (κ3) is 6.05. The first kappa shape index (κ1) is 17.5. The van der Waals surface area contributed by atoms with E-state index in [-0.39, 0.29) is 6.61 Å². The summed E-state index contributed by atoms with van der Waals surface area (Å²) in [5.41, 5.74) is 3.35. The van der Waals surface area contributed by atoms with Crippen LogP contribution in [0.3, 0.4) is 0 Å². The Kier molecular flexibility index (Phi) is 7.11. The maximum atomic E-state index is 9.33. The lowest BCUT2D eigenvalue weighted by Crippen LogP contribution is -2.14. The second kappa shape index (κ2) is 9.33. The topological polar surface area (TPSA) is 41.5 Å². The van der Waals surface area contributed by atoms with Crippen molar-refractivity contribution in [3.05, 3.63) is 65.2 Å². The van der Waals surface area contributed by atoms with Gasteiger partial charge in [0.25, 0.3) is 0 Å². The van der Waals surface area contributed by atoms with Crippen LogP contribution in [0.1, 0.15) is 37.0 Å². The lowest BCUT2D eigenvalue weighted by atomic mass is 10.1. The van der Waals surface area contributed by atoms with Gasteiger partial charge < -0.3 is 15.2 Å². The van der Waals surface area contributed by atoms with Gasteiger partial charge >= 0.3 is 0 Å². The molecule has 0 unspecified atom stereocenters. The summed E-state index contributed by atoms with van der Waals surface area (Å²) in [4.78, 5) is 0. The fourth-order valence-electron chi connectivity index (χ4n) is 2.34. The average Bonchev–Trinajstić information content (AvgIpc) is 2.56. The van der Waals surface area contributed by atoms with Gasteiger partial charge in [0, 0.05) is 13.1 Å². The molecule has 2 N–H and O–H groups in total. The molecule has 0 aliphatic rings. The second-order valence-corrected chi connectivity index (χ2v) is 6.21. The molecule has 0 amide bonds. The van der Waals surface area contributed by atoms with Crippen molar-refractivity contribution in [2.45, 2.75) is 40.0 Å². The van der Waals surface area contributed by atoms with Crippen molar-refractivity contribution in [1.82, 2.24) is 5.32 Å². The maximum Gasteiger partial charge on any atom is 0.119 e. The van der Waals surface area contributed by atoms with Crippen molar-refractivity contribution < 1.29 is 9.84 Å². The molecule has 0 aliphatic carbocycles. The summed E-state index contributed by atoms with van der Waals surface area (Å²) in [7, 11) is 0. The van der Waals surface area contributed by atoms with Crippen LogP contribution in [0.5, 0.6) is 5.75 Å². The van der Waals surface area contributed by atoms with Gasteiger partial charge in [0.15, 0.2) is 0 Å². The minimum atomic E-state index is 0.0836. The molecule has 0 spiro atoms. The van der Waals surface area contributed by atoms with E-state index in [9.17, 15) is 5.11 Å². The molecule has 2 aromatic rings. The van der Waals surface area contributed by atoms with Crippen molar-refractivity contribution >= 4 is 0 Å².